The molecular weight excluding hydrogens is 356 g/mol. The number of rotatable bonds is 6. The lowest BCUT2D eigenvalue weighted by atomic mass is 10.2. The highest BCUT2D eigenvalue weighted by Gasteiger charge is 2.36. The minimum atomic E-state index is -3.89. The highest BCUT2D eigenvalue weighted by atomic mass is 32.2. The summed E-state index contributed by atoms with van der Waals surface area (Å²) in [6.07, 6.45) is 3.99. The lowest BCUT2D eigenvalue weighted by molar-refractivity contribution is -0.111. The van der Waals surface area contributed by atoms with Crippen LogP contribution in [0.4, 0.5) is 5.69 Å². The van der Waals surface area contributed by atoms with Crippen LogP contribution >= 0.6 is 0 Å². The van der Waals surface area contributed by atoms with E-state index in [2.05, 4.69) is 12.2 Å². The Morgan fingerprint density at radius 1 is 1.35 bits per heavy atom. The Bertz CT molecular complexity index is 962. The van der Waals surface area contributed by atoms with Crippen molar-refractivity contribution in [3.63, 3.8) is 0 Å². The minimum absolute atomic E-state index is 0.119. The second-order valence-corrected chi connectivity index (χ2v) is 7.85. The van der Waals surface area contributed by atoms with E-state index in [0.717, 1.165) is 12.2 Å². The van der Waals surface area contributed by atoms with Gasteiger partial charge in [-0.1, -0.05) is 6.92 Å². The molecule has 1 saturated carbocycles. The van der Waals surface area contributed by atoms with Crippen LogP contribution in [0.2, 0.25) is 0 Å². The second kappa shape index (κ2) is 6.97. The smallest absolute Gasteiger partial charge is 0.248 e. The van der Waals surface area contributed by atoms with Crippen molar-refractivity contribution in [1.29, 1.82) is 0 Å². The molecule has 1 aromatic carbocycles. The van der Waals surface area contributed by atoms with E-state index in [1.54, 1.807) is 6.08 Å². The zero-order chi connectivity index (χ0) is 18.9. The second-order valence-electron chi connectivity index (χ2n) is 6.29. The largest absolute Gasteiger partial charge is 0.495 e. The molecular formula is C18H20N2O5S. The van der Waals surface area contributed by atoms with Crippen LogP contribution in [0, 0.1) is 5.92 Å². The Morgan fingerprint density at radius 3 is 2.69 bits per heavy atom. The number of hydrogen-bond donors (Lipinski definition) is 2. The van der Waals surface area contributed by atoms with Gasteiger partial charge in [0.05, 0.1) is 17.7 Å². The molecule has 138 valence electrons. The molecule has 1 aromatic heterocycles. The van der Waals surface area contributed by atoms with Crippen LogP contribution < -0.4 is 15.2 Å². The summed E-state index contributed by atoms with van der Waals surface area (Å²) in [6.45, 7) is 2.17. The summed E-state index contributed by atoms with van der Waals surface area (Å²) in [4.78, 5) is 12.0. The molecule has 7 nitrogen and oxygen atoms in total. The molecule has 1 amide bonds. The molecule has 0 aliphatic heterocycles. The van der Waals surface area contributed by atoms with E-state index in [4.69, 9.17) is 14.3 Å². The van der Waals surface area contributed by atoms with Crippen LogP contribution in [0.1, 0.15) is 30.8 Å². The first kappa shape index (κ1) is 18.2. The van der Waals surface area contributed by atoms with Crippen molar-refractivity contribution < 1.29 is 22.4 Å². The highest BCUT2D eigenvalue weighted by molar-refractivity contribution is 7.89. The molecule has 0 saturated heterocycles. The molecule has 8 heteroatoms. The van der Waals surface area contributed by atoms with E-state index in [1.165, 1.54) is 31.4 Å². The molecule has 3 N–H and O–H groups in total. The van der Waals surface area contributed by atoms with Crippen molar-refractivity contribution in [1.82, 2.24) is 0 Å². The number of furan rings is 1. The number of ether oxygens (including phenoxy) is 1. The standard InChI is InChI=1S/C18H20N2O5S/c1-11-9-14(11)16-6-3-12(25-16)4-8-18(21)20-15-10-13(26(19,22)23)5-7-17(15)24-2/h3-8,10-11,14H,9H2,1-2H3,(H,20,21)(H2,19,22,23)/b8-4+. The molecule has 1 heterocycles. The molecule has 3 rings (SSSR count). The summed E-state index contributed by atoms with van der Waals surface area (Å²) < 4.78 is 33.8. The summed E-state index contributed by atoms with van der Waals surface area (Å²) in [5.74, 6) is 2.49. The predicted molar refractivity (Wildman–Crippen MR) is 97.3 cm³/mol. The maximum Gasteiger partial charge on any atom is 0.248 e. The Morgan fingerprint density at radius 2 is 2.08 bits per heavy atom. The first-order valence-electron chi connectivity index (χ1n) is 8.07. The maximum atomic E-state index is 12.1. The van der Waals surface area contributed by atoms with Crippen molar-refractivity contribution in [2.45, 2.75) is 24.2 Å². The van der Waals surface area contributed by atoms with Crippen molar-refractivity contribution in [2.75, 3.05) is 12.4 Å². The zero-order valence-corrected chi connectivity index (χ0v) is 15.2. The highest BCUT2D eigenvalue weighted by Crippen LogP contribution is 2.47. The first-order chi connectivity index (χ1) is 12.3. The number of sulfonamides is 1. The van der Waals surface area contributed by atoms with Crippen LogP contribution in [0.3, 0.4) is 0 Å². The number of methoxy groups -OCH3 is 1. The number of benzene rings is 1. The van der Waals surface area contributed by atoms with Gasteiger partial charge in [-0.3, -0.25) is 4.79 Å². The van der Waals surface area contributed by atoms with Crippen LogP contribution in [-0.4, -0.2) is 21.4 Å². The Balaban J connectivity index is 1.72. The number of carbonyl (C=O) groups is 1. The Hall–Kier alpha value is -2.58. The Kier molecular flexibility index (Phi) is 4.88. The van der Waals surface area contributed by atoms with Gasteiger partial charge in [0.25, 0.3) is 0 Å². The van der Waals surface area contributed by atoms with Gasteiger partial charge in [-0.25, -0.2) is 13.6 Å². The molecule has 2 unspecified atom stereocenters. The molecule has 1 aliphatic carbocycles. The van der Waals surface area contributed by atoms with Gasteiger partial charge >= 0.3 is 0 Å². The quantitative estimate of drug-likeness (QED) is 0.753. The fourth-order valence-electron chi connectivity index (χ4n) is 2.67. The van der Waals surface area contributed by atoms with Gasteiger partial charge in [-0.15, -0.1) is 0 Å². The van der Waals surface area contributed by atoms with Gasteiger partial charge in [0.1, 0.15) is 17.3 Å². The first-order valence-corrected chi connectivity index (χ1v) is 9.62. The van der Waals surface area contributed by atoms with Crippen molar-refractivity contribution in [3.05, 3.63) is 47.9 Å². The van der Waals surface area contributed by atoms with Crippen molar-refractivity contribution >= 4 is 27.7 Å². The fraction of sp³-hybridized carbons (Fsp3) is 0.278. The van der Waals surface area contributed by atoms with E-state index in [9.17, 15) is 13.2 Å². The van der Waals surface area contributed by atoms with Gasteiger partial charge in [0.15, 0.2) is 0 Å². The van der Waals surface area contributed by atoms with E-state index in [0.29, 0.717) is 23.3 Å². The summed E-state index contributed by atoms with van der Waals surface area (Å²) in [5.41, 5.74) is 0.209. The molecule has 0 spiro atoms. The molecule has 2 atom stereocenters. The number of nitrogens with one attached hydrogen (secondary N) is 1. The third-order valence-electron chi connectivity index (χ3n) is 4.28. The predicted octanol–water partition coefficient (Wildman–Crippen LogP) is 2.71. The van der Waals surface area contributed by atoms with Gasteiger partial charge < -0.3 is 14.5 Å². The van der Waals surface area contributed by atoms with Gasteiger partial charge in [0, 0.05) is 12.0 Å². The summed E-state index contributed by atoms with van der Waals surface area (Å²) in [5, 5.41) is 7.70. The zero-order valence-electron chi connectivity index (χ0n) is 14.4. The number of carbonyl (C=O) groups excluding carboxylic acids is 1. The van der Waals surface area contributed by atoms with Crippen molar-refractivity contribution in [3.8, 4) is 5.75 Å². The third-order valence-corrected chi connectivity index (χ3v) is 5.19. The summed E-state index contributed by atoms with van der Waals surface area (Å²) >= 11 is 0. The normalized spacial score (nSPS) is 19.5. The summed E-state index contributed by atoms with van der Waals surface area (Å²) in [6, 6.07) is 7.72. The number of primary sulfonamides is 1. The molecule has 1 aliphatic rings. The monoisotopic (exact) mass is 376 g/mol. The average molecular weight is 376 g/mol. The van der Waals surface area contributed by atoms with E-state index in [1.807, 2.05) is 12.1 Å². The van der Waals surface area contributed by atoms with E-state index < -0.39 is 15.9 Å². The van der Waals surface area contributed by atoms with Gasteiger partial charge in [-0.05, 0) is 48.7 Å². The molecule has 26 heavy (non-hydrogen) atoms. The summed E-state index contributed by atoms with van der Waals surface area (Å²) in [7, 11) is -2.47. The number of amides is 1. The van der Waals surface area contributed by atoms with Gasteiger partial charge in [0.2, 0.25) is 15.9 Å². The van der Waals surface area contributed by atoms with Crippen LogP contribution in [0.25, 0.3) is 6.08 Å². The average Bonchev–Trinajstić information content (AvgIpc) is 3.13. The lowest BCUT2D eigenvalue weighted by Crippen LogP contribution is -2.14. The van der Waals surface area contributed by atoms with E-state index >= 15 is 0 Å². The number of hydrogen-bond acceptors (Lipinski definition) is 5. The maximum absolute atomic E-state index is 12.1. The van der Waals surface area contributed by atoms with Gasteiger partial charge in [-0.2, -0.15) is 0 Å². The lowest BCUT2D eigenvalue weighted by Gasteiger charge is -2.10. The number of nitrogens with two attached hydrogens (primary N) is 1. The molecule has 0 radical (unpaired) electrons. The Labute approximate surface area is 151 Å². The topological polar surface area (TPSA) is 112 Å². The van der Waals surface area contributed by atoms with E-state index in [-0.39, 0.29) is 10.6 Å². The van der Waals surface area contributed by atoms with Crippen LogP contribution in [0.5, 0.6) is 5.75 Å². The van der Waals surface area contributed by atoms with Crippen LogP contribution in [0.15, 0.2) is 45.7 Å². The SMILES string of the molecule is COc1ccc(S(N)(=O)=O)cc1NC(=O)/C=C/c1ccc(C2CC2C)o1. The number of anilines is 1. The fourth-order valence-corrected chi connectivity index (χ4v) is 3.21. The molecule has 0 bridgehead atoms. The molecule has 2 aromatic rings. The molecule has 1 fully saturated rings. The minimum Gasteiger partial charge on any atom is -0.495 e. The van der Waals surface area contributed by atoms with Crippen molar-refractivity contribution in [2.24, 2.45) is 11.1 Å². The third kappa shape index (κ3) is 4.14. The van der Waals surface area contributed by atoms with Crippen LogP contribution in [-0.2, 0) is 14.8 Å².